The van der Waals surface area contributed by atoms with Gasteiger partial charge in [-0.1, -0.05) is 0 Å². The molecule has 0 bridgehead atoms. The highest BCUT2D eigenvalue weighted by Crippen LogP contribution is 2.25. The average Bonchev–Trinajstić information content (AvgIpc) is 2.64. The normalized spacial score (nSPS) is 19.7. The number of benzene rings is 1. The summed E-state index contributed by atoms with van der Waals surface area (Å²) in [7, 11) is 0. The maximum Gasteiger partial charge on any atom is 0.271 e. The van der Waals surface area contributed by atoms with Gasteiger partial charge in [0.25, 0.3) is 5.91 Å². The molecule has 0 atom stereocenters. The second-order valence-electron chi connectivity index (χ2n) is 6.24. The first-order valence-corrected chi connectivity index (χ1v) is 8.40. The van der Waals surface area contributed by atoms with Crippen LogP contribution in [-0.4, -0.2) is 28.0 Å². The van der Waals surface area contributed by atoms with Crippen molar-refractivity contribution in [2.75, 3.05) is 0 Å². The van der Waals surface area contributed by atoms with E-state index in [9.17, 15) is 4.79 Å². The molecule has 6 nitrogen and oxygen atoms in total. The van der Waals surface area contributed by atoms with Crippen LogP contribution in [0.3, 0.4) is 0 Å². The van der Waals surface area contributed by atoms with Gasteiger partial charge in [0.05, 0.1) is 23.9 Å². The van der Waals surface area contributed by atoms with Crippen LogP contribution < -0.4 is 10.1 Å². The van der Waals surface area contributed by atoms with Crippen LogP contribution in [0.2, 0.25) is 0 Å². The van der Waals surface area contributed by atoms with E-state index >= 15 is 0 Å². The summed E-state index contributed by atoms with van der Waals surface area (Å²) < 4.78 is 6.03. The number of amides is 1. The minimum Gasteiger partial charge on any atom is -0.490 e. The number of nitriles is 1. The predicted octanol–water partition coefficient (Wildman–Crippen LogP) is 2.78. The topological polar surface area (TPSA) is 87.9 Å². The standard InChI is InChI=1S/C19H20N4O2/c1-13-10-17(5-2-14(13)11-20)25-16-6-3-15(4-7-16)23-19(24)18-12-21-8-9-22-18/h2,5,8-10,12,15-16H,3-4,6-7H2,1H3,(H,23,24). The Hall–Kier alpha value is -2.94. The van der Waals surface area contributed by atoms with E-state index < -0.39 is 0 Å². The molecule has 1 aromatic carbocycles. The number of carbonyl (C=O) groups is 1. The van der Waals surface area contributed by atoms with Gasteiger partial charge in [-0.2, -0.15) is 5.26 Å². The SMILES string of the molecule is Cc1cc(OC2CCC(NC(=O)c3cnccn3)CC2)ccc1C#N. The van der Waals surface area contributed by atoms with Crippen molar-refractivity contribution in [3.63, 3.8) is 0 Å². The van der Waals surface area contributed by atoms with Crippen molar-refractivity contribution in [2.45, 2.75) is 44.8 Å². The summed E-state index contributed by atoms with van der Waals surface area (Å²) in [6.07, 6.45) is 8.16. The Morgan fingerprint density at radius 2 is 2.08 bits per heavy atom. The van der Waals surface area contributed by atoms with E-state index in [4.69, 9.17) is 10.00 Å². The highest BCUT2D eigenvalue weighted by molar-refractivity contribution is 5.92. The molecule has 6 heteroatoms. The van der Waals surface area contributed by atoms with Crippen LogP contribution >= 0.6 is 0 Å². The van der Waals surface area contributed by atoms with Crippen LogP contribution in [0.15, 0.2) is 36.8 Å². The fraction of sp³-hybridized carbons (Fsp3) is 0.368. The first-order valence-electron chi connectivity index (χ1n) is 8.40. The van der Waals surface area contributed by atoms with Crippen LogP contribution in [0.4, 0.5) is 0 Å². The van der Waals surface area contributed by atoms with Crippen LogP contribution in [0, 0.1) is 18.3 Å². The summed E-state index contributed by atoms with van der Waals surface area (Å²) >= 11 is 0. The van der Waals surface area contributed by atoms with Crippen LogP contribution in [0.1, 0.15) is 47.3 Å². The van der Waals surface area contributed by atoms with E-state index in [2.05, 4.69) is 21.4 Å². The van der Waals surface area contributed by atoms with Gasteiger partial charge in [-0.05, 0) is 56.4 Å². The van der Waals surface area contributed by atoms with Gasteiger partial charge in [0.2, 0.25) is 0 Å². The molecule has 1 aliphatic carbocycles. The fourth-order valence-corrected chi connectivity index (χ4v) is 3.03. The fourth-order valence-electron chi connectivity index (χ4n) is 3.03. The highest BCUT2D eigenvalue weighted by atomic mass is 16.5. The predicted molar refractivity (Wildman–Crippen MR) is 92.1 cm³/mol. The lowest BCUT2D eigenvalue weighted by molar-refractivity contribution is 0.0888. The lowest BCUT2D eigenvalue weighted by Crippen LogP contribution is -2.40. The van der Waals surface area contributed by atoms with Gasteiger partial charge >= 0.3 is 0 Å². The summed E-state index contributed by atoms with van der Waals surface area (Å²) in [6.45, 7) is 1.91. The molecule has 1 heterocycles. The maximum atomic E-state index is 12.1. The van der Waals surface area contributed by atoms with Crippen molar-refractivity contribution in [1.82, 2.24) is 15.3 Å². The molecular formula is C19H20N4O2. The molecule has 0 unspecified atom stereocenters. The van der Waals surface area contributed by atoms with Crippen LogP contribution in [0.25, 0.3) is 0 Å². The number of aryl methyl sites for hydroxylation is 1. The van der Waals surface area contributed by atoms with Crippen molar-refractivity contribution < 1.29 is 9.53 Å². The summed E-state index contributed by atoms with van der Waals surface area (Å²) in [5, 5.41) is 12.0. The minimum absolute atomic E-state index is 0.136. The van der Waals surface area contributed by atoms with Crippen molar-refractivity contribution in [3.05, 3.63) is 53.6 Å². The van der Waals surface area contributed by atoms with Gasteiger partial charge in [0.1, 0.15) is 11.4 Å². The zero-order valence-electron chi connectivity index (χ0n) is 14.1. The second kappa shape index (κ2) is 7.75. The summed E-state index contributed by atoms with van der Waals surface area (Å²) in [6, 6.07) is 7.83. The third kappa shape index (κ3) is 4.32. The Labute approximate surface area is 146 Å². The molecular weight excluding hydrogens is 316 g/mol. The largest absolute Gasteiger partial charge is 0.490 e. The number of aromatic nitrogens is 2. The van der Waals surface area contributed by atoms with Gasteiger partial charge in [-0.25, -0.2) is 4.98 Å². The number of nitrogens with one attached hydrogen (secondary N) is 1. The smallest absolute Gasteiger partial charge is 0.271 e. The molecule has 1 fully saturated rings. The van der Waals surface area contributed by atoms with Gasteiger partial charge in [0, 0.05) is 18.4 Å². The molecule has 1 amide bonds. The summed E-state index contributed by atoms with van der Waals surface area (Å²) in [4.78, 5) is 20.0. The van der Waals surface area contributed by atoms with Gasteiger partial charge < -0.3 is 10.1 Å². The average molecular weight is 336 g/mol. The monoisotopic (exact) mass is 336 g/mol. The molecule has 0 saturated heterocycles. The maximum absolute atomic E-state index is 12.1. The van der Waals surface area contributed by atoms with Crippen molar-refractivity contribution in [3.8, 4) is 11.8 Å². The molecule has 128 valence electrons. The van der Waals surface area contributed by atoms with Crippen molar-refractivity contribution in [2.24, 2.45) is 0 Å². The van der Waals surface area contributed by atoms with E-state index in [-0.39, 0.29) is 18.1 Å². The Morgan fingerprint density at radius 3 is 2.72 bits per heavy atom. The van der Waals surface area contributed by atoms with E-state index in [0.717, 1.165) is 37.0 Å². The molecule has 2 aromatic rings. The van der Waals surface area contributed by atoms with E-state index in [1.807, 2.05) is 19.1 Å². The zero-order chi connectivity index (χ0) is 17.6. The van der Waals surface area contributed by atoms with Gasteiger partial charge in [-0.3, -0.25) is 9.78 Å². The number of nitrogens with zero attached hydrogens (tertiary/aromatic N) is 3. The molecule has 0 radical (unpaired) electrons. The molecule has 3 rings (SSSR count). The second-order valence-corrected chi connectivity index (χ2v) is 6.24. The molecule has 1 saturated carbocycles. The Balaban J connectivity index is 1.50. The van der Waals surface area contributed by atoms with Gasteiger partial charge in [0.15, 0.2) is 0 Å². The first-order chi connectivity index (χ1) is 12.2. The number of rotatable bonds is 4. The van der Waals surface area contributed by atoms with Crippen LogP contribution in [-0.2, 0) is 0 Å². The van der Waals surface area contributed by atoms with Crippen LogP contribution in [0.5, 0.6) is 5.75 Å². The zero-order valence-corrected chi connectivity index (χ0v) is 14.1. The Kier molecular flexibility index (Phi) is 5.24. The third-order valence-electron chi connectivity index (χ3n) is 4.43. The van der Waals surface area contributed by atoms with Gasteiger partial charge in [-0.15, -0.1) is 0 Å². The van der Waals surface area contributed by atoms with Crippen molar-refractivity contribution >= 4 is 5.91 Å². The summed E-state index contributed by atoms with van der Waals surface area (Å²) in [5.74, 6) is 0.615. The first kappa shape index (κ1) is 16.9. The molecule has 1 aliphatic rings. The van der Waals surface area contributed by atoms with E-state index in [0.29, 0.717) is 11.3 Å². The summed E-state index contributed by atoms with van der Waals surface area (Å²) in [5.41, 5.74) is 1.93. The quantitative estimate of drug-likeness (QED) is 0.927. The highest BCUT2D eigenvalue weighted by Gasteiger charge is 2.24. The number of ether oxygens (including phenoxy) is 1. The van der Waals surface area contributed by atoms with E-state index in [1.54, 1.807) is 12.3 Å². The minimum atomic E-state index is -0.180. The molecule has 0 aliphatic heterocycles. The molecule has 0 spiro atoms. The molecule has 1 aromatic heterocycles. The lowest BCUT2D eigenvalue weighted by Gasteiger charge is -2.29. The number of hydrogen-bond donors (Lipinski definition) is 1. The third-order valence-corrected chi connectivity index (χ3v) is 4.43. The van der Waals surface area contributed by atoms with E-state index in [1.165, 1.54) is 12.4 Å². The Morgan fingerprint density at radius 1 is 1.28 bits per heavy atom. The number of carbonyl (C=O) groups excluding carboxylic acids is 1. The molecule has 1 N–H and O–H groups in total. The molecule has 25 heavy (non-hydrogen) atoms. The Bertz CT molecular complexity index is 778. The number of hydrogen-bond acceptors (Lipinski definition) is 5. The van der Waals surface area contributed by atoms with Crippen molar-refractivity contribution in [1.29, 1.82) is 5.26 Å². The lowest BCUT2D eigenvalue weighted by atomic mass is 9.92.